The predicted molar refractivity (Wildman–Crippen MR) is 79.8 cm³/mol. The minimum Gasteiger partial charge on any atom is -0.325 e. The van der Waals surface area contributed by atoms with Gasteiger partial charge in [-0.3, -0.25) is 4.79 Å². The minimum atomic E-state index is -4.56. The van der Waals surface area contributed by atoms with E-state index < -0.39 is 28.6 Å². The van der Waals surface area contributed by atoms with Crippen molar-refractivity contribution in [3.05, 3.63) is 28.2 Å². The Morgan fingerprint density at radius 1 is 1.19 bits per heavy atom. The third kappa shape index (κ3) is 3.97. The van der Waals surface area contributed by atoms with E-state index in [0.29, 0.717) is 0 Å². The second kappa shape index (κ2) is 5.61. The molecule has 0 spiro atoms. The Morgan fingerprint density at radius 2 is 1.71 bits per heavy atom. The molecule has 0 aliphatic carbocycles. The van der Waals surface area contributed by atoms with Crippen LogP contribution in [0.4, 0.5) is 18.9 Å². The Morgan fingerprint density at radius 3 is 2.14 bits per heavy atom. The maximum absolute atomic E-state index is 13.0. The van der Waals surface area contributed by atoms with Crippen LogP contribution in [0.1, 0.15) is 33.3 Å². The summed E-state index contributed by atoms with van der Waals surface area (Å²) in [5.74, 6) is -0.567. The maximum atomic E-state index is 13.0. The largest absolute Gasteiger partial charge is 0.418 e. The van der Waals surface area contributed by atoms with Gasteiger partial charge in [-0.05, 0) is 45.9 Å². The maximum Gasteiger partial charge on any atom is 0.418 e. The van der Waals surface area contributed by atoms with Crippen molar-refractivity contribution >= 4 is 27.5 Å². The normalized spacial score (nSPS) is 13.2. The summed E-state index contributed by atoms with van der Waals surface area (Å²) in [6.07, 6.45) is -4.56. The van der Waals surface area contributed by atoms with Crippen LogP contribution in [0.5, 0.6) is 0 Å². The van der Waals surface area contributed by atoms with Gasteiger partial charge in [0, 0.05) is 10.0 Å². The molecule has 118 valence electrons. The molecule has 0 saturated carbocycles. The number of nitrogens with one attached hydrogen (secondary N) is 1. The fraction of sp³-hybridized carbons (Fsp3) is 0.500. The van der Waals surface area contributed by atoms with Crippen LogP contribution in [0, 0.1) is 5.41 Å². The van der Waals surface area contributed by atoms with Gasteiger partial charge >= 0.3 is 6.18 Å². The van der Waals surface area contributed by atoms with Gasteiger partial charge in [0.2, 0.25) is 5.91 Å². The summed E-state index contributed by atoms with van der Waals surface area (Å²) in [5, 5.41) is 2.33. The van der Waals surface area contributed by atoms with Crippen molar-refractivity contribution in [1.29, 1.82) is 0 Å². The third-order valence-electron chi connectivity index (χ3n) is 3.71. The molecule has 0 aliphatic heterocycles. The first-order valence-electron chi connectivity index (χ1n) is 6.24. The van der Waals surface area contributed by atoms with E-state index >= 15 is 0 Å². The summed E-state index contributed by atoms with van der Waals surface area (Å²) in [6.45, 7) is 6.49. The van der Waals surface area contributed by atoms with Crippen molar-refractivity contribution in [2.24, 2.45) is 11.1 Å². The number of rotatable bonds is 3. The van der Waals surface area contributed by atoms with Crippen LogP contribution in [0.3, 0.4) is 0 Å². The Labute approximate surface area is 130 Å². The van der Waals surface area contributed by atoms with Crippen LogP contribution in [-0.4, -0.2) is 11.4 Å². The lowest BCUT2D eigenvalue weighted by atomic mass is 9.74. The first-order valence-corrected chi connectivity index (χ1v) is 7.03. The molecule has 0 fully saturated rings. The predicted octanol–water partition coefficient (Wildman–Crippen LogP) is 4.17. The van der Waals surface area contributed by atoms with Crippen LogP contribution in [0.25, 0.3) is 0 Å². The number of hydrogen-bond donors (Lipinski definition) is 2. The molecule has 21 heavy (non-hydrogen) atoms. The van der Waals surface area contributed by atoms with E-state index in [1.807, 2.05) is 0 Å². The van der Waals surface area contributed by atoms with Crippen LogP contribution in [0.15, 0.2) is 22.7 Å². The van der Waals surface area contributed by atoms with Gasteiger partial charge in [0.25, 0.3) is 0 Å². The number of benzene rings is 1. The SMILES string of the molecule is CC(C)(N)C(C)(C)C(=O)Nc1ccc(Br)cc1C(F)(F)F. The summed E-state index contributed by atoms with van der Waals surface area (Å²) in [5.41, 5.74) is 2.81. The number of anilines is 1. The van der Waals surface area contributed by atoms with Gasteiger partial charge in [-0.15, -0.1) is 0 Å². The Kier molecular flexibility index (Phi) is 4.80. The van der Waals surface area contributed by atoms with E-state index in [0.717, 1.165) is 6.07 Å². The fourth-order valence-corrected chi connectivity index (χ4v) is 1.79. The van der Waals surface area contributed by atoms with E-state index in [4.69, 9.17) is 5.73 Å². The Bertz CT molecular complexity index is 548. The molecule has 1 rings (SSSR count). The molecule has 3 N–H and O–H groups in total. The quantitative estimate of drug-likeness (QED) is 0.843. The topological polar surface area (TPSA) is 55.1 Å². The molecule has 0 bridgehead atoms. The van der Waals surface area contributed by atoms with E-state index in [2.05, 4.69) is 21.2 Å². The van der Waals surface area contributed by atoms with E-state index in [9.17, 15) is 18.0 Å². The van der Waals surface area contributed by atoms with Gasteiger partial charge in [0.05, 0.1) is 16.7 Å². The number of hydrogen-bond acceptors (Lipinski definition) is 2. The van der Waals surface area contributed by atoms with Crippen LogP contribution >= 0.6 is 15.9 Å². The molecule has 3 nitrogen and oxygen atoms in total. The molecule has 1 amide bonds. The first kappa shape index (κ1) is 18.0. The molecular weight excluding hydrogens is 349 g/mol. The standard InChI is InChI=1S/C14H18BrF3N2O/c1-12(2,13(3,4)19)11(21)20-10-6-5-8(15)7-9(10)14(16,17)18/h5-7H,19H2,1-4H3,(H,20,21). The number of nitrogens with two attached hydrogens (primary N) is 1. The molecular formula is C14H18BrF3N2O. The van der Waals surface area contributed by atoms with Crippen molar-refractivity contribution in [3.8, 4) is 0 Å². The smallest absolute Gasteiger partial charge is 0.325 e. The first-order chi connectivity index (χ1) is 9.26. The molecule has 1 aromatic rings. The zero-order chi connectivity index (χ0) is 16.6. The highest BCUT2D eigenvalue weighted by Gasteiger charge is 2.41. The summed E-state index contributed by atoms with van der Waals surface area (Å²) in [7, 11) is 0. The van der Waals surface area contributed by atoms with Crippen LogP contribution in [0.2, 0.25) is 0 Å². The lowest BCUT2D eigenvalue weighted by Gasteiger charge is -2.37. The molecule has 0 radical (unpaired) electrons. The zero-order valence-electron chi connectivity index (χ0n) is 12.2. The second-order valence-corrected chi connectivity index (χ2v) is 6.90. The van der Waals surface area contributed by atoms with Crippen LogP contribution < -0.4 is 11.1 Å². The molecule has 0 aliphatic rings. The molecule has 0 aromatic heterocycles. The fourth-order valence-electron chi connectivity index (χ4n) is 1.43. The van der Waals surface area contributed by atoms with Gasteiger partial charge < -0.3 is 11.1 Å². The zero-order valence-corrected chi connectivity index (χ0v) is 13.8. The van der Waals surface area contributed by atoms with Gasteiger partial charge in [-0.2, -0.15) is 13.2 Å². The van der Waals surface area contributed by atoms with Gasteiger partial charge in [0.15, 0.2) is 0 Å². The van der Waals surface area contributed by atoms with Crippen molar-refractivity contribution in [1.82, 2.24) is 0 Å². The molecule has 1 aromatic carbocycles. The molecule has 7 heteroatoms. The number of amides is 1. The van der Waals surface area contributed by atoms with Gasteiger partial charge in [-0.25, -0.2) is 0 Å². The highest BCUT2D eigenvalue weighted by Crippen LogP contribution is 2.38. The van der Waals surface area contributed by atoms with Crippen molar-refractivity contribution < 1.29 is 18.0 Å². The van der Waals surface area contributed by atoms with E-state index in [-0.39, 0.29) is 10.2 Å². The summed E-state index contributed by atoms with van der Waals surface area (Å²) < 4.78 is 39.3. The third-order valence-corrected chi connectivity index (χ3v) is 4.21. The number of alkyl halides is 3. The van der Waals surface area contributed by atoms with Crippen molar-refractivity contribution in [2.75, 3.05) is 5.32 Å². The van der Waals surface area contributed by atoms with E-state index in [1.165, 1.54) is 12.1 Å². The summed E-state index contributed by atoms with van der Waals surface area (Å²) >= 11 is 2.99. The molecule has 0 saturated heterocycles. The second-order valence-electron chi connectivity index (χ2n) is 5.99. The van der Waals surface area contributed by atoms with Crippen molar-refractivity contribution in [3.63, 3.8) is 0 Å². The average molecular weight is 367 g/mol. The average Bonchev–Trinajstić information content (AvgIpc) is 2.28. The Balaban J connectivity index is 3.18. The monoisotopic (exact) mass is 366 g/mol. The van der Waals surface area contributed by atoms with Gasteiger partial charge in [-0.1, -0.05) is 15.9 Å². The molecule has 0 unspecified atom stereocenters. The number of carbonyl (C=O) groups excluding carboxylic acids is 1. The molecule has 0 atom stereocenters. The lowest BCUT2D eigenvalue weighted by Crippen LogP contribution is -2.53. The highest BCUT2D eigenvalue weighted by molar-refractivity contribution is 9.10. The number of halogens is 4. The van der Waals surface area contributed by atoms with E-state index in [1.54, 1.807) is 27.7 Å². The Hall–Kier alpha value is -1.08. The van der Waals surface area contributed by atoms with Crippen LogP contribution in [-0.2, 0) is 11.0 Å². The highest BCUT2D eigenvalue weighted by atomic mass is 79.9. The lowest BCUT2D eigenvalue weighted by molar-refractivity contribution is -0.137. The number of carbonyl (C=O) groups is 1. The minimum absolute atomic E-state index is 0.284. The summed E-state index contributed by atoms with van der Waals surface area (Å²) in [6, 6.07) is 3.58. The molecule has 0 heterocycles. The van der Waals surface area contributed by atoms with Crippen molar-refractivity contribution in [2.45, 2.75) is 39.4 Å². The van der Waals surface area contributed by atoms with Gasteiger partial charge in [0.1, 0.15) is 0 Å². The summed E-state index contributed by atoms with van der Waals surface area (Å²) in [4.78, 5) is 12.3.